The molecule has 5 rings (SSSR count). The van der Waals surface area contributed by atoms with Gasteiger partial charge in [-0.1, -0.05) is 24.1 Å². The van der Waals surface area contributed by atoms with E-state index in [-0.39, 0.29) is 17.2 Å². The topological polar surface area (TPSA) is 87.9 Å². The summed E-state index contributed by atoms with van der Waals surface area (Å²) >= 11 is 6.14. The Labute approximate surface area is 179 Å². The number of halogens is 1. The fourth-order valence-electron chi connectivity index (χ4n) is 4.66. The van der Waals surface area contributed by atoms with Crippen molar-refractivity contribution in [3.05, 3.63) is 62.9 Å². The van der Waals surface area contributed by atoms with Crippen molar-refractivity contribution in [3.63, 3.8) is 0 Å². The van der Waals surface area contributed by atoms with Crippen molar-refractivity contribution in [2.45, 2.75) is 38.6 Å². The van der Waals surface area contributed by atoms with Gasteiger partial charge in [0.15, 0.2) is 5.78 Å². The van der Waals surface area contributed by atoms with Gasteiger partial charge >= 0.3 is 0 Å². The predicted molar refractivity (Wildman–Crippen MR) is 113 cm³/mol. The van der Waals surface area contributed by atoms with E-state index in [0.717, 1.165) is 54.9 Å². The molecule has 0 bridgehead atoms. The second kappa shape index (κ2) is 7.19. The van der Waals surface area contributed by atoms with Crippen LogP contribution in [0.15, 0.2) is 30.0 Å². The van der Waals surface area contributed by atoms with E-state index in [1.165, 1.54) is 0 Å². The molecule has 2 heterocycles. The first-order valence-electron chi connectivity index (χ1n) is 10.1. The van der Waals surface area contributed by atoms with Gasteiger partial charge in [-0.25, -0.2) is 9.97 Å². The van der Waals surface area contributed by atoms with Crippen LogP contribution in [0.5, 0.6) is 0 Å². The zero-order valence-corrected chi connectivity index (χ0v) is 17.4. The van der Waals surface area contributed by atoms with E-state index in [4.69, 9.17) is 16.3 Å². The molecule has 0 spiro atoms. The van der Waals surface area contributed by atoms with Crippen LogP contribution < -0.4 is 5.32 Å². The molecule has 1 aliphatic heterocycles. The zero-order valence-electron chi connectivity index (χ0n) is 16.7. The van der Waals surface area contributed by atoms with Gasteiger partial charge in [0.25, 0.3) is 0 Å². The monoisotopic (exact) mass is 420 g/mol. The summed E-state index contributed by atoms with van der Waals surface area (Å²) < 4.78 is 5.34. The number of benzene rings is 1. The van der Waals surface area contributed by atoms with Crippen molar-refractivity contribution < 1.29 is 9.53 Å². The van der Waals surface area contributed by atoms with Crippen molar-refractivity contribution >= 4 is 23.3 Å². The number of ether oxygens (including phenoxy) is 1. The quantitative estimate of drug-likeness (QED) is 0.811. The number of allylic oxidation sites excluding steroid dienone is 2. The number of anilines is 1. The van der Waals surface area contributed by atoms with Crippen LogP contribution in [0.3, 0.4) is 0 Å². The Morgan fingerprint density at radius 3 is 2.93 bits per heavy atom. The molecular formula is C23H21ClN4O2. The summed E-state index contributed by atoms with van der Waals surface area (Å²) in [6.45, 7) is 3.65. The highest BCUT2D eigenvalue weighted by molar-refractivity contribution is 6.30. The van der Waals surface area contributed by atoms with E-state index in [1.54, 1.807) is 18.3 Å². The number of hydrogen-bond donors (Lipinski definition) is 1. The van der Waals surface area contributed by atoms with Crippen LogP contribution in [0.1, 0.15) is 46.1 Å². The molecule has 1 aromatic heterocycles. The molecule has 30 heavy (non-hydrogen) atoms. The van der Waals surface area contributed by atoms with Gasteiger partial charge in [-0.3, -0.25) is 4.79 Å². The number of rotatable bonds is 4. The van der Waals surface area contributed by atoms with Crippen molar-refractivity contribution in [2.75, 3.05) is 18.5 Å². The van der Waals surface area contributed by atoms with Crippen LogP contribution in [-0.2, 0) is 24.0 Å². The average Bonchev–Trinajstić information content (AvgIpc) is 3.07. The van der Waals surface area contributed by atoms with Gasteiger partial charge in [-0.15, -0.1) is 0 Å². The molecule has 3 aliphatic rings. The van der Waals surface area contributed by atoms with Crippen molar-refractivity contribution in [2.24, 2.45) is 5.41 Å². The third kappa shape index (κ3) is 3.49. The van der Waals surface area contributed by atoms with Crippen LogP contribution >= 0.6 is 11.6 Å². The number of aromatic nitrogens is 2. The van der Waals surface area contributed by atoms with Gasteiger partial charge in [0.1, 0.15) is 0 Å². The Morgan fingerprint density at radius 2 is 2.20 bits per heavy atom. The molecular weight excluding hydrogens is 400 g/mol. The van der Waals surface area contributed by atoms with E-state index < -0.39 is 0 Å². The molecule has 0 unspecified atom stereocenters. The van der Waals surface area contributed by atoms with Crippen LogP contribution in [-0.4, -0.2) is 35.0 Å². The second-order valence-electron chi connectivity index (χ2n) is 8.83. The largest absolute Gasteiger partial charge is 0.380 e. The smallest absolute Gasteiger partial charge is 0.223 e. The third-order valence-electron chi connectivity index (χ3n) is 6.10. The highest BCUT2D eigenvalue weighted by Gasteiger charge is 2.35. The number of nitrogens with one attached hydrogen (secondary N) is 1. The Bertz CT molecular complexity index is 1130. The summed E-state index contributed by atoms with van der Waals surface area (Å²) in [6.07, 6.45) is 6.34. The van der Waals surface area contributed by atoms with E-state index in [2.05, 4.69) is 28.3 Å². The molecule has 0 saturated carbocycles. The molecule has 152 valence electrons. The minimum Gasteiger partial charge on any atom is -0.380 e. The zero-order chi connectivity index (χ0) is 20.9. The summed E-state index contributed by atoms with van der Waals surface area (Å²) in [6, 6.07) is 5.96. The van der Waals surface area contributed by atoms with Gasteiger partial charge in [0, 0.05) is 29.1 Å². The number of ketones is 1. The summed E-state index contributed by atoms with van der Waals surface area (Å²) in [5, 5.41) is 13.4. The molecule has 6 nitrogen and oxygen atoms in total. The van der Waals surface area contributed by atoms with Crippen LogP contribution in [0.4, 0.5) is 5.95 Å². The van der Waals surface area contributed by atoms with Crippen molar-refractivity contribution in [3.8, 4) is 6.07 Å². The molecule has 1 aromatic carbocycles. The molecule has 7 heteroatoms. The summed E-state index contributed by atoms with van der Waals surface area (Å²) in [4.78, 5) is 21.6. The van der Waals surface area contributed by atoms with E-state index in [1.807, 2.05) is 6.07 Å². The maximum absolute atomic E-state index is 12.5. The summed E-state index contributed by atoms with van der Waals surface area (Å²) in [5.74, 6) is 0.492. The minimum absolute atomic E-state index is 0.0248. The molecule has 0 amide bonds. The molecule has 2 aliphatic carbocycles. The number of hydrogen-bond acceptors (Lipinski definition) is 6. The van der Waals surface area contributed by atoms with Crippen molar-refractivity contribution in [1.82, 2.24) is 9.97 Å². The Morgan fingerprint density at radius 1 is 1.37 bits per heavy atom. The fraction of sp³-hybridized carbons (Fsp3) is 0.391. The number of nitrogens with zero attached hydrogens (tertiary/aromatic N) is 3. The summed E-state index contributed by atoms with van der Waals surface area (Å²) in [5.41, 5.74) is 5.32. The first kappa shape index (κ1) is 19.2. The van der Waals surface area contributed by atoms with Crippen LogP contribution in [0.25, 0.3) is 0 Å². The van der Waals surface area contributed by atoms with Crippen molar-refractivity contribution in [1.29, 1.82) is 5.26 Å². The van der Waals surface area contributed by atoms with Crippen LogP contribution in [0, 0.1) is 16.7 Å². The lowest BCUT2D eigenvalue weighted by Crippen LogP contribution is -2.40. The lowest BCUT2D eigenvalue weighted by atomic mass is 9.79. The number of nitriles is 1. The highest BCUT2D eigenvalue weighted by Crippen LogP contribution is 2.36. The van der Waals surface area contributed by atoms with E-state index >= 15 is 0 Å². The van der Waals surface area contributed by atoms with Gasteiger partial charge in [-0.2, -0.15) is 5.26 Å². The number of carbonyl (C=O) groups excluding carboxylic acids is 1. The molecule has 0 radical (unpaired) electrons. The first-order chi connectivity index (χ1) is 14.4. The minimum atomic E-state index is -0.0248. The van der Waals surface area contributed by atoms with Crippen LogP contribution in [0.2, 0.25) is 5.02 Å². The second-order valence-corrected chi connectivity index (χ2v) is 9.27. The Hall–Kier alpha value is -2.75. The third-order valence-corrected chi connectivity index (χ3v) is 6.31. The van der Waals surface area contributed by atoms with E-state index in [9.17, 15) is 10.1 Å². The maximum atomic E-state index is 12.5. The molecule has 1 atom stereocenters. The molecule has 1 N–H and O–H groups in total. The van der Waals surface area contributed by atoms with E-state index in [0.29, 0.717) is 28.5 Å². The highest BCUT2D eigenvalue weighted by atomic mass is 35.5. The lowest BCUT2D eigenvalue weighted by Gasteiger charge is -2.39. The Kier molecular flexibility index (Phi) is 4.61. The molecule has 1 saturated heterocycles. The molecule has 1 fully saturated rings. The lowest BCUT2D eigenvalue weighted by molar-refractivity contribution is -0.101. The first-order valence-corrected chi connectivity index (χ1v) is 10.5. The normalized spacial score (nSPS) is 21.2. The fourth-order valence-corrected chi connectivity index (χ4v) is 4.90. The van der Waals surface area contributed by atoms with Gasteiger partial charge in [0.2, 0.25) is 5.95 Å². The van der Waals surface area contributed by atoms with Gasteiger partial charge < -0.3 is 10.1 Å². The Balaban J connectivity index is 1.33. The average molecular weight is 421 g/mol. The maximum Gasteiger partial charge on any atom is 0.223 e. The SMILES string of the molecule is CC1(CC2=CC(=O)c3cnc(N[C@H]4Cc5cc(Cl)cc(C#N)c5C4)nc3C2)COC1. The standard InChI is InChI=1S/C23H21ClN4O2/c1-23(11-30-12-23)8-13-2-20-19(21(29)3-13)10-26-22(28-20)27-17-6-14-4-16(24)5-15(9-25)18(14)7-17/h3-5,10,17H,2,6-8,11-12H2,1H3,(H,26,27,28)/t17-/m0/s1. The van der Waals surface area contributed by atoms with Gasteiger partial charge in [-0.05, 0) is 48.6 Å². The number of carbonyl (C=O) groups is 1. The summed E-state index contributed by atoms with van der Waals surface area (Å²) in [7, 11) is 0. The predicted octanol–water partition coefficient (Wildman–Crippen LogP) is 3.67. The van der Waals surface area contributed by atoms with Gasteiger partial charge in [0.05, 0.1) is 36.1 Å². The number of fused-ring (bicyclic) bond motifs is 2. The molecule has 2 aromatic rings.